The number of hydrogen-bond acceptors (Lipinski definition) is 4. The SMILES string of the molecule is CC(O)C(=O)O.CCCCCCCCCCCCCCCCC[C-]=O.[CH2-]C(C)O.[Ca+2]. The van der Waals surface area contributed by atoms with Crippen LogP contribution < -0.4 is 0 Å². The van der Waals surface area contributed by atoms with Crippen LogP contribution in [0.5, 0.6) is 0 Å². The zero-order chi connectivity index (χ0) is 22.8. The maximum atomic E-state index is 10.0. The molecule has 0 aliphatic carbocycles. The Balaban J connectivity index is -0.000000255. The molecule has 2 unspecified atom stereocenters. The molecule has 0 heterocycles. The second-order valence-electron chi connectivity index (χ2n) is 7.71. The Hall–Kier alpha value is 0.320. The third-order valence-electron chi connectivity index (χ3n) is 4.24. The van der Waals surface area contributed by atoms with Crippen LogP contribution in [0.15, 0.2) is 0 Å². The van der Waals surface area contributed by atoms with Crippen LogP contribution in [0.25, 0.3) is 0 Å². The van der Waals surface area contributed by atoms with Gasteiger partial charge < -0.3 is 27.0 Å². The van der Waals surface area contributed by atoms with Gasteiger partial charge in [-0.15, -0.1) is 0 Å². The fourth-order valence-electron chi connectivity index (χ4n) is 2.57. The second-order valence-corrected chi connectivity index (χ2v) is 7.71. The largest absolute Gasteiger partial charge is 2.00 e. The van der Waals surface area contributed by atoms with Crippen molar-refractivity contribution in [3.63, 3.8) is 0 Å². The number of rotatable bonds is 17. The molecular weight excluding hydrogens is 408 g/mol. The molecular formula is C24H48CaO5. The zero-order valence-corrected chi connectivity index (χ0v) is 22.2. The van der Waals surface area contributed by atoms with E-state index in [9.17, 15) is 9.59 Å². The molecule has 6 heteroatoms. The number of carboxylic acids is 1. The van der Waals surface area contributed by atoms with Crippen LogP contribution in [-0.2, 0) is 9.59 Å². The topological polar surface area (TPSA) is 94.8 Å². The summed E-state index contributed by atoms with van der Waals surface area (Å²) in [6.07, 6.45) is 21.6. The van der Waals surface area contributed by atoms with Gasteiger partial charge in [-0.3, -0.25) is 6.29 Å². The van der Waals surface area contributed by atoms with Crippen molar-refractivity contribution < 1.29 is 24.9 Å². The van der Waals surface area contributed by atoms with Gasteiger partial charge in [-0.25, -0.2) is 4.79 Å². The van der Waals surface area contributed by atoms with Crippen LogP contribution in [0, 0.1) is 6.92 Å². The van der Waals surface area contributed by atoms with Crippen LogP contribution in [0.1, 0.15) is 124 Å². The summed E-state index contributed by atoms with van der Waals surface area (Å²) >= 11 is 0. The number of carbonyl (C=O) groups is 1. The third-order valence-corrected chi connectivity index (χ3v) is 4.24. The standard InChI is InChI=1S/C18H35O.C3H6O3.C3H7O.Ca/c1-2-3-4-5-6-7-8-9-10-11-12-13-14-15-16-17-18-19;1-2(4)3(5)6;1-3(2)4;/h2-17H2,1H3;2,4H,1H3,(H,5,6);3-4H,1H2,2H3;/q-1;;-1;+2. The van der Waals surface area contributed by atoms with Crippen LogP contribution in [-0.4, -0.2) is 77.5 Å². The number of carboxylic acid groups (broad SMARTS) is 1. The number of aliphatic hydroxyl groups is 2. The Morgan fingerprint density at radius 3 is 1.20 bits per heavy atom. The fourth-order valence-corrected chi connectivity index (χ4v) is 2.57. The number of hydrogen-bond donors (Lipinski definition) is 3. The van der Waals surface area contributed by atoms with E-state index in [0.29, 0.717) is 6.42 Å². The van der Waals surface area contributed by atoms with E-state index in [1.54, 1.807) is 6.92 Å². The van der Waals surface area contributed by atoms with Gasteiger partial charge in [0, 0.05) is 0 Å². The Kier molecular flexibility index (Phi) is 42.6. The molecule has 0 fully saturated rings. The van der Waals surface area contributed by atoms with Gasteiger partial charge in [0.05, 0.1) is 0 Å². The molecule has 0 aromatic heterocycles. The molecule has 176 valence electrons. The van der Waals surface area contributed by atoms with E-state index in [2.05, 4.69) is 13.8 Å². The van der Waals surface area contributed by atoms with Crippen molar-refractivity contribution >= 4 is 50.0 Å². The molecule has 3 N–H and O–H groups in total. The third kappa shape index (κ3) is 51.2. The Morgan fingerprint density at radius 2 is 1.00 bits per heavy atom. The molecule has 0 bridgehead atoms. The van der Waals surface area contributed by atoms with Crippen LogP contribution in [0.2, 0.25) is 0 Å². The van der Waals surface area contributed by atoms with Gasteiger partial charge in [-0.05, 0) is 6.92 Å². The molecule has 5 nitrogen and oxygen atoms in total. The van der Waals surface area contributed by atoms with Gasteiger partial charge in [0.1, 0.15) is 6.10 Å². The molecule has 2 atom stereocenters. The molecule has 0 saturated carbocycles. The van der Waals surface area contributed by atoms with Crippen molar-refractivity contribution in [1.29, 1.82) is 0 Å². The van der Waals surface area contributed by atoms with Crippen molar-refractivity contribution in [1.82, 2.24) is 0 Å². The monoisotopic (exact) mass is 456 g/mol. The molecule has 0 rings (SSSR count). The zero-order valence-electron chi connectivity index (χ0n) is 20.0. The van der Waals surface area contributed by atoms with E-state index in [0.717, 1.165) is 6.42 Å². The fraction of sp³-hybridized carbons (Fsp3) is 0.875. The summed E-state index contributed by atoms with van der Waals surface area (Å²) in [4.78, 5) is 19.5. The average molecular weight is 457 g/mol. The normalized spacial score (nSPS) is 11.7. The van der Waals surface area contributed by atoms with Gasteiger partial charge in [-0.1, -0.05) is 116 Å². The smallest absolute Gasteiger partial charge is 0.542 e. The number of aliphatic hydroxyl groups excluding tert-OH is 2. The Bertz CT molecular complexity index is 320. The van der Waals surface area contributed by atoms with Gasteiger partial charge in [0.2, 0.25) is 0 Å². The summed E-state index contributed by atoms with van der Waals surface area (Å²) < 4.78 is 0. The average Bonchev–Trinajstić information content (AvgIpc) is 2.65. The first kappa shape index (κ1) is 37.6. The minimum Gasteiger partial charge on any atom is -0.542 e. The maximum absolute atomic E-state index is 10.0. The predicted molar refractivity (Wildman–Crippen MR) is 127 cm³/mol. The van der Waals surface area contributed by atoms with E-state index < -0.39 is 18.2 Å². The molecule has 0 radical (unpaired) electrons. The van der Waals surface area contributed by atoms with Crippen LogP contribution in [0.3, 0.4) is 0 Å². The van der Waals surface area contributed by atoms with E-state index in [-0.39, 0.29) is 37.7 Å². The minimum atomic E-state index is -1.23. The Labute approximate surface area is 216 Å². The number of carbonyl (C=O) groups excluding carboxylic acids is 1. The summed E-state index contributed by atoms with van der Waals surface area (Å²) in [6.45, 7) is 8.28. The first-order chi connectivity index (χ1) is 13.8. The van der Waals surface area contributed by atoms with Crippen molar-refractivity contribution in [2.24, 2.45) is 0 Å². The quantitative estimate of drug-likeness (QED) is 0.150. The van der Waals surface area contributed by atoms with Crippen molar-refractivity contribution in [2.75, 3.05) is 0 Å². The van der Waals surface area contributed by atoms with Gasteiger partial charge in [-0.2, -0.15) is 6.42 Å². The number of aliphatic carboxylic acids is 1. The summed E-state index contributed by atoms with van der Waals surface area (Å²) in [6, 6.07) is 0. The van der Waals surface area contributed by atoms with Crippen molar-refractivity contribution in [2.45, 2.75) is 136 Å². The summed E-state index contributed by atoms with van der Waals surface area (Å²) in [5, 5.41) is 23.7. The first-order valence-corrected chi connectivity index (χ1v) is 11.6. The molecule has 0 aliphatic rings. The molecule has 0 spiro atoms. The molecule has 0 amide bonds. The summed E-state index contributed by atoms with van der Waals surface area (Å²) in [5.41, 5.74) is 0. The van der Waals surface area contributed by atoms with Gasteiger partial charge >= 0.3 is 43.7 Å². The van der Waals surface area contributed by atoms with E-state index in [1.807, 2.05) is 6.29 Å². The molecule has 0 aliphatic heterocycles. The molecule has 0 aromatic carbocycles. The molecule has 0 aromatic rings. The van der Waals surface area contributed by atoms with Gasteiger partial charge in [0.15, 0.2) is 0 Å². The van der Waals surface area contributed by atoms with Crippen LogP contribution in [0.4, 0.5) is 0 Å². The molecule has 0 saturated heterocycles. The van der Waals surface area contributed by atoms with Crippen molar-refractivity contribution in [3.8, 4) is 0 Å². The Morgan fingerprint density at radius 1 is 0.767 bits per heavy atom. The maximum Gasteiger partial charge on any atom is 2.00 e. The first-order valence-electron chi connectivity index (χ1n) is 11.6. The van der Waals surface area contributed by atoms with E-state index in [4.69, 9.17) is 15.3 Å². The van der Waals surface area contributed by atoms with E-state index in [1.165, 1.54) is 96.8 Å². The summed E-state index contributed by atoms with van der Waals surface area (Å²) in [7, 11) is 0. The van der Waals surface area contributed by atoms with Crippen LogP contribution >= 0.6 is 0 Å². The summed E-state index contributed by atoms with van der Waals surface area (Å²) in [5.74, 6) is -1.19. The van der Waals surface area contributed by atoms with Gasteiger partial charge in [0.25, 0.3) is 0 Å². The predicted octanol–water partition coefficient (Wildman–Crippen LogP) is 5.63. The van der Waals surface area contributed by atoms with Crippen molar-refractivity contribution in [3.05, 3.63) is 6.92 Å². The minimum absolute atomic E-state index is 0. The van der Waals surface area contributed by atoms with E-state index >= 15 is 0 Å². The second kappa shape index (κ2) is 33.9. The molecule has 30 heavy (non-hydrogen) atoms. The number of unbranched alkanes of at least 4 members (excludes halogenated alkanes) is 15.